The van der Waals surface area contributed by atoms with Crippen LogP contribution in [0.2, 0.25) is 5.02 Å². The Morgan fingerprint density at radius 2 is 1.64 bits per heavy atom. The van der Waals surface area contributed by atoms with E-state index in [1.54, 1.807) is 0 Å². The van der Waals surface area contributed by atoms with Gasteiger partial charge in [0, 0.05) is 29.7 Å². The van der Waals surface area contributed by atoms with Gasteiger partial charge in [0.05, 0.1) is 18.1 Å². The molecule has 0 heterocycles. The van der Waals surface area contributed by atoms with Crippen molar-refractivity contribution in [1.82, 2.24) is 0 Å². The molecule has 1 fully saturated rings. The fraction of sp³-hybridized carbons (Fsp3) is 0.200. The predicted octanol–water partition coefficient (Wildman–Crippen LogP) is 6.86. The molecule has 1 saturated carbocycles. The third-order valence-corrected chi connectivity index (χ3v) is 7.09. The van der Waals surface area contributed by atoms with E-state index < -0.39 is 63.3 Å². The molecule has 3 aromatic carbocycles. The summed E-state index contributed by atoms with van der Waals surface area (Å²) in [6.07, 6.45) is -0.394. The molecule has 2 unspecified atom stereocenters. The van der Waals surface area contributed by atoms with Crippen molar-refractivity contribution in [1.29, 1.82) is 0 Å². The van der Waals surface area contributed by atoms with Crippen LogP contribution in [0.4, 0.5) is 23.2 Å². The second kappa shape index (κ2) is 9.92. The highest BCUT2D eigenvalue weighted by molar-refractivity contribution is 6.53. The van der Waals surface area contributed by atoms with E-state index in [4.69, 9.17) is 34.8 Å². The van der Waals surface area contributed by atoms with E-state index in [9.17, 15) is 27.2 Å². The summed E-state index contributed by atoms with van der Waals surface area (Å²) in [5, 5.41) is 2.62. The predicted molar refractivity (Wildman–Crippen MR) is 128 cm³/mol. The second-order valence-corrected chi connectivity index (χ2v) is 10.0. The van der Waals surface area contributed by atoms with Crippen LogP contribution < -0.4 is 10.1 Å². The van der Waals surface area contributed by atoms with Crippen molar-refractivity contribution in [2.75, 3.05) is 12.4 Å². The summed E-state index contributed by atoms with van der Waals surface area (Å²) in [5.41, 5.74) is 0.201. The molecule has 0 bridgehead atoms. The maximum Gasteiger partial charge on any atom is 0.231 e. The van der Waals surface area contributed by atoms with Gasteiger partial charge in [-0.3, -0.25) is 9.59 Å². The highest BCUT2D eigenvalue weighted by Crippen LogP contribution is 2.65. The number of rotatable bonds is 7. The molecule has 0 spiro atoms. The zero-order valence-corrected chi connectivity index (χ0v) is 20.6. The first-order chi connectivity index (χ1) is 16.9. The zero-order chi connectivity index (χ0) is 26.4. The Labute approximate surface area is 218 Å². The van der Waals surface area contributed by atoms with Gasteiger partial charge in [-0.1, -0.05) is 17.7 Å². The first-order valence-electron chi connectivity index (χ1n) is 10.4. The maximum absolute atomic E-state index is 14.1. The summed E-state index contributed by atoms with van der Waals surface area (Å²) < 4.78 is 58.4. The van der Waals surface area contributed by atoms with Crippen LogP contribution in [0.3, 0.4) is 0 Å². The molecule has 0 saturated heterocycles. The van der Waals surface area contributed by atoms with Crippen molar-refractivity contribution < 1.29 is 31.9 Å². The molecule has 11 heteroatoms. The average Bonchev–Trinajstić information content (AvgIpc) is 3.38. The molecule has 1 amide bonds. The van der Waals surface area contributed by atoms with Crippen LogP contribution in [0.25, 0.3) is 0 Å². The van der Waals surface area contributed by atoms with Gasteiger partial charge < -0.3 is 10.1 Å². The van der Waals surface area contributed by atoms with Crippen LogP contribution in [0.5, 0.6) is 5.75 Å². The Hall–Kier alpha value is -2.81. The van der Waals surface area contributed by atoms with E-state index in [1.807, 2.05) is 0 Å². The third kappa shape index (κ3) is 5.03. The zero-order valence-electron chi connectivity index (χ0n) is 18.4. The molecule has 188 valence electrons. The number of hydrogen-bond acceptors (Lipinski definition) is 3. The van der Waals surface area contributed by atoms with Gasteiger partial charge in [-0.2, -0.15) is 0 Å². The molecule has 36 heavy (non-hydrogen) atoms. The first-order valence-corrected chi connectivity index (χ1v) is 11.6. The van der Waals surface area contributed by atoms with Gasteiger partial charge in [-0.15, -0.1) is 23.2 Å². The summed E-state index contributed by atoms with van der Waals surface area (Å²) >= 11 is 18.6. The number of ketones is 1. The Kier molecular flexibility index (Phi) is 7.23. The molecule has 4 rings (SSSR count). The molecule has 1 aliphatic rings. The summed E-state index contributed by atoms with van der Waals surface area (Å²) in [6.45, 7) is 0. The summed E-state index contributed by atoms with van der Waals surface area (Å²) in [5.74, 6) is -7.38. The fourth-order valence-electron chi connectivity index (χ4n) is 3.99. The number of nitrogens with one attached hydrogen (secondary N) is 1. The van der Waals surface area contributed by atoms with Crippen LogP contribution in [0.15, 0.2) is 48.5 Å². The monoisotopic (exact) mass is 559 g/mol. The minimum Gasteiger partial charge on any atom is -0.491 e. The number of benzene rings is 3. The van der Waals surface area contributed by atoms with Gasteiger partial charge in [0.25, 0.3) is 0 Å². The van der Waals surface area contributed by atoms with Crippen molar-refractivity contribution in [3.63, 3.8) is 0 Å². The number of carbonyl (C=O) groups excluding carboxylic acids is 2. The van der Waals surface area contributed by atoms with Crippen LogP contribution in [0, 0.1) is 29.2 Å². The van der Waals surface area contributed by atoms with Crippen molar-refractivity contribution in [3.05, 3.63) is 93.5 Å². The van der Waals surface area contributed by atoms with Crippen LogP contribution in [0.1, 0.15) is 27.4 Å². The number of ether oxygens (including phenoxy) is 1. The Balaban J connectivity index is 1.52. The molecule has 0 aromatic heterocycles. The Morgan fingerprint density at radius 1 is 0.972 bits per heavy atom. The van der Waals surface area contributed by atoms with Crippen molar-refractivity contribution in [2.24, 2.45) is 5.92 Å². The molecule has 0 aliphatic heterocycles. The molecule has 4 nitrogen and oxygen atoms in total. The number of methoxy groups -OCH3 is 1. The van der Waals surface area contributed by atoms with Crippen molar-refractivity contribution >= 4 is 52.2 Å². The lowest BCUT2D eigenvalue weighted by Crippen LogP contribution is -2.17. The van der Waals surface area contributed by atoms with E-state index in [0.717, 1.165) is 31.4 Å². The minimum absolute atomic E-state index is 0.00662. The SMILES string of the molecule is COc1c(F)cc(C2C(C(=O)Nc3ccc(Cl)c(C(=O)Cc4ccc(F)cc4F)c3)C2(Cl)Cl)cc1F. The largest absolute Gasteiger partial charge is 0.491 e. The molecular formula is C25H16Cl3F4NO3. The standard InChI is InChI=1S/C25H16Cl3F4NO3/c1-36-23-18(31)6-12(7-19(23)32)21-22(25(21,27)28)24(35)33-14-4-5-16(26)15(10-14)20(34)8-11-2-3-13(29)9-17(11)30/h2-7,9-10,21-22H,8H2,1H3,(H,33,35). The van der Waals surface area contributed by atoms with Gasteiger partial charge in [0.1, 0.15) is 16.0 Å². The van der Waals surface area contributed by atoms with Gasteiger partial charge in [-0.05, 0) is 47.5 Å². The number of amides is 1. The fourth-order valence-corrected chi connectivity index (χ4v) is 5.04. The number of halogens is 7. The van der Waals surface area contributed by atoms with E-state index in [-0.39, 0.29) is 27.4 Å². The second-order valence-electron chi connectivity index (χ2n) is 8.17. The number of anilines is 1. The maximum atomic E-state index is 14.1. The minimum atomic E-state index is -1.64. The lowest BCUT2D eigenvalue weighted by Gasteiger charge is -2.10. The Bertz CT molecular complexity index is 1360. The van der Waals surface area contributed by atoms with E-state index in [0.29, 0.717) is 6.07 Å². The normalized spacial score (nSPS) is 18.0. The van der Waals surface area contributed by atoms with E-state index >= 15 is 0 Å². The van der Waals surface area contributed by atoms with Crippen LogP contribution >= 0.6 is 34.8 Å². The van der Waals surface area contributed by atoms with Crippen molar-refractivity contribution in [3.8, 4) is 5.75 Å². The van der Waals surface area contributed by atoms with Gasteiger partial charge in [-0.25, -0.2) is 17.6 Å². The summed E-state index contributed by atoms with van der Waals surface area (Å²) in [4.78, 5) is 25.6. The summed E-state index contributed by atoms with van der Waals surface area (Å²) in [7, 11) is 1.11. The topological polar surface area (TPSA) is 55.4 Å². The van der Waals surface area contributed by atoms with Crippen LogP contribution in [-0.2, 0) is 11.2 Å². The van der Waals surface area contributed by atoms with E-state index in [2.05, 4.69) is 10.1 Å². The third-order valence-electron chi connectivity index (χ3n) is 5.82. The van der Waals surface area contributed by atoms with Gasteiger partial charge in [0.15, 0.2) is 23.2 Å². The molecule has 1 aliphatic carbocycles. The van der Waals surface area contributed by atoms with Gasteiger partial charge in [0.2, 0.25) is 5.91 Å². The quantitative estimate of drug-likeness (QED) is 0.195. The molecular weight excluding hydrogens is 545 g/mol. The number of Topliss-reactive ketones (excluding diaryl/α,β-unsaturated/α-hetero) is 1. The number of hydrogen-bond donors (Lipinski definition) is 1. The molecule has 1 N–H and O–H groups in total. The number of carbonyl (C=O) groups is 2. The Morgan fingerprint density at radius 3 is 2.25 bits per heavy atom. The summed E-state index contributed by atoms with van der Waals surface area (Å²) in [6, 6.07) is 8.90. The first kappa shape index (κ1) is 26.3. The number of alkyl halides is 2. The lowest BCUT2D eigenvalue weighted by atomic mass is 10.0. The molecule has 3 aromatic rings. The lowest BCUT2D eigenvalue weighted by molar-refractivity contribution is -0.117. The highest BCUT2D eigenvalue weighted by Gasteiger charge is 2.67. The van der Waals surface area contributed by atoms with Crippen LogP contribution in [-0.4, -0.2) is 23.1 Å². The smallest absolute Gasteiger partial charge is 0.231 e. The molecule has 2 atom stereocenters. The highest BCUT2D eigenvalue weighted by atomic mass is 35.5. The van der Waals surface area contributed by atoms with Crippen molar-refractivity contribution in [2.45, 2.75) is 16.7 Å². The van der Waals surface area contributed by atoms with E-state index in [1.165, 1.54) is 18.2 Å². The average molecular weight is 561 g/mol. The molecule has 0 radical (unpaired) electrons. The van der Waals surface area contributed by atoms with Gasteiger partial charge >= 0.3 is 0 Å².